The van der Waals surface area contributed by atoms with Gasteiger partial charge < -0.3 is 14.6 Å². The zero-order chi connectivity index (χ0) is 14.2. The normalized spacial score (nSPS) is 39.6. The summed E-state index contributed by atoms with van der Waals surface area (Å²) in [5.74, 6) is -1.11. The summed E-state index contributed by atoms with van der Waals surface area (Å²) in [5, 5.41) is 10.7. The number of carbonyl (C=O) groups is 2. The summed E-state index contributed by atoms with van der Waals surface area (Å²) in [6.45, 7) is -0.553. The maximum atomic E-state index is 13.7. The van der Waals surface area contributed by atoms with Gasteiger partial charge in [0.1, 0.15) is 18.5 Å². The number of rotatable bonds is 3. The Morgan fingerprint density at radius 3 is 2.74 bits per heavy atom. The summed E-state index contributed by atoms with van der Waals surface area (Å²) >= 11 is 0. The molecule has 2 heterocycles. The van der Waals surface area contributed by atoms with Crippen LogP contribution in [0.5, 0.6) is 0 Å². The van der Waals surface area contributed by atoms with Gasteiger partial charge in [-0.25, -0.2) is 13.6 Å². The smallest absolute Gasteiger partial charge is 0.328 e. The Hall–Kier alpha value is -1.32. The van der Waals surface area contributed by atoms with Gasteiger partial charge in [0.2, 0.25) is 6.17 Å². The second-order valence-corrected chi connectivity index (χ2v) is 4.29. The molecular formula is C10H14F2N2O5. The number of aliphatic hydroxyl groups excluding tert-OH is 1. The Morgan fingerprint density at radius 1 is 1.53 bits per heavy atom. The van der Waals surface area contributed by atoms with Gasteiger partial charge in [-0.15, -0.1) is 0 Å². The van der Waals surface area contributed by atoms with Gasteiger partial charge in [-0.3, -0.25) is 15.0 Å². The molecule has 2 N–H and O–H groups in total. The van der Waals surface area contributed by atoms with Crippen LogP contribution in [-0.2, 0) is 14.3 Å². The minimum absolute atomic E-state index is 0.223. The van der Waals surface area contributed by atoms with Crippen molar-refractivity contribution < 1.29 is 33.0 Å². The molecule has 9 heteroatoms. The average Bonchev–Trinajstić information content (AvgIpc) is 2.74. The molecule has 19 heavy (non-hydrogen) atoms. The van der Waals surface area contributed by atoms with E-state index in [4.69, 9.17) is 14.6 Å². The fourth-order valence-electron chi connectivity index (χ4n) is 2.18. The van der Waals surface area contributed by atoms with Crippen molar-refractivity contribution in [1.82, 2.24) is 10.2 Å². The van der Waals surface area contributed by atoms with Crippen molar-refractivity contribution in [3.63, 3.8) is 0 Å². The molecule has 7 nitrogen and oxygen atoms in total. The number of methoxy groups -OCH3 is 1. The first-order chi connectivity index (χ1) is 8.99. The summed E-state index contributed by atoms with van der Waals surface area (Å²) in [7, 11) is 1.13. The number of nitrogens with one attached hydrogen (secondary N) is 1. The molecule has 2 aliphatic heterocycles. The Labute approximate surface area is 107 Å². The molecule has 0 aliphatic carbocycles. The number of hydrogen-bond donors (Lipinski definition) is 2. The maximum Gasteiger partial charge on any atom is 0.328 e. The monoisotopic (exact) mass is 280 g/mol. The molecule has 2 fully saturated rings. The standard InChI is InChI=1S/C10H14F2N2O5/c1-18-9-7(12)8(16)13-10(17)14(9)6-2-4(11)5(3-15)19-6/h4-7,9,15H,2-3H2,1H3,(H,13,16,17). The van der Waals surface area contributed by atoms with Gasteiger partial charge in [0, 0.05) is 13.5 Å². The predicted octanol–water partition coefficient (Wildman–Crippen LogP) is -0.706. The van der Waals surface area contributed by atoms with E-state index >= 15 is 0 Å². The van der Waals surface area contributed by atoms with Gasteiger partial charge >= 0.3 is 6.03 Å². The number of halogens is 2. The van der Waals surface area contributed by atoms with Crippen LogP contribution in [-0.4, -0.2) is 66.6 Å². The number of urea groups is 1. The summed E-state index contributed by atoms with van der Waals surface area (Å²) in [6.07, 6.45) is -7.43. The summed E-state index contributed by atoms with van der Waals surface area (Å²) < 4.78 is 37.1. The second-order valence-electron chi connectivity index (χ2n) is 4.29. The molecule has 3 amide bonds. The molecule has 5 unspecified atom stereocenters. The van der Waals surface area contributed by atoms with E-state index in [-0.39, 0.29) is 6.42 Å². The molecule has 108 valence electrons. The van der Waals surface area contributed by atoms with Crippen molar-refractivity contribution in [2.45, 2.75) is 37.3 Å². The molecule has 0 bridgehead atoms. The van der Waals surface area contributed by atoms with E-state index in [1.807, 2.05) is 0 Å². The number of nitrogens with zero attached hydrogens (tertiary/aromatic N) is 1. The van der Waals surface area contributed by atoms with Gasteiger partial charge in [-0.2, -0.15) is 0 Å². The molecule has 0 spiro atoms. The number of ether oxygens (including phenoxy) is 2. The van der Waals surface area contributed by atoms with Crippen molar-refractivity contribution in [3.05, 3.63) is 0 Å². The highest BCUT2D eigenvalue weighted by molar-refractivity contribution is 5.99. The first kappa shape index (κ1) is 14.1. The van der Waals surface area contributed by atoms with Crippen molar-refractivity contribution in [2.24, 2.45) is 0 Å². The molecule has 2 aliphatic rings. The van der Waals surface area contributed by atoms with E-state index in [2.05, 4.69) is 0 Å². The Kier molecular flexibility index (Phi) is 3.97. The quantitative estimate of drug-likeness (QED) is 0.713. The van der Waals surface area contributed by atoms with Crippen LogP contribution in [0, 0.1) is 0 Å². The predicted molar refractivity (Wildman–Crippen MR) is 56.3 cm³/mol. The number of carbonyl (C=O) groups excluding carboxylic acids is 2. The Morgan fingerprint density at radius 2 is 2.21 bits per heavy atom. The number of amides is 3. The van der Waals surface area contributed by atoms with Crippen LogP contribution in [0.1, 0.15) is 6.42 Å². The number of hydrogen-bond acceptors (Lipinski definition) is 5. The molecule has 0 saturated carbocycles. The lowest BCUT2D eigenvalue weighted by Crippen LogP contribution is -2.64. The third-order valence-electron chi connectivity index (χ3n) is 3.13. The molecule has 2 saturated heterocycles. The molecule has 2 rings (SSSR count). The minimum atomic E-state index is -2.09. The number of imide groups is 1. The van der Waals surface area contributed by atoms with Crippen LogP contribution < -0.4 is 5.32 Å². The maximum absolute atomic E-state index is 13.7. The highest BCUT2D eigenvalue weighted by Gasteiger charge is 2.49. The molecule has 5 atom stereocenters. The van der Waals surface area contributed by atoms with Crippen LogP contribution in [0.15, 0.2) is 0 Å². The Bertz CT molecular complexity index is 383. The number of alkyl halides is 2. The third kappa shape index (κ3) is 2.40. The Balaban J connectivity index is 2.17. The van der Waals surface area contributed by atoms with Crippen molar-refractivity contribution in [1.29, 1.82) is 0 Å². The lowest BCUT2D eigenvalue weighted by Gasteiger charge is -2.38. The zero-order valence-electron chi connectivity index (χ0n) is 10.1. The van der Waals surface area contributed by atoms with Gasteiger partial charge in [-0.05, 0) is 0 Å². The van der Waals surface area contributed by atoms with E-state index in [1.54, 1.807) is 5.32 Å². The van der Waals surface area contributed by atoms with Crippen LogP contribution in [0.25, 0.3) is 0 Å². The highest BCUT2D eigenvalue weighted by Crippen LogP contribution is 2.29. The van der Waals surface area contributed by atoms with Crippen molar-refractivity contribution in [2.75, 3.05) is 13.7 Å². The highest BCUT2D eigenvalue weighted by atomic mass is 19.1. The van der Waals surface area contributed by atoms with Crippen LogP contribution >= 0.6 is 0 Å². The summed E-state index contributed by atoms with van der Waals surface area (Å²) in [4.78, 5) is 23.6. The average molecular weight is 280 g/mol. The van der Waals surface area contributed by atoms with Gasteiger partial charge in [-0.1, -0.05) is 0 Å². The second kappa shape index (κ2) is 5.35. The van der Waals surface area contributed by atoms with E-state index in [1.165, 1.54) is 0 Å². The molecule has 0 aromatic carbocycles. The minimum Gasteiger partial charge on any atom is -0.394 e. The van der Waals surface area contributed by atoms with Gasteiger partial charge in [0.05, 0.1) is 6.61 Å². The molecule has 0 aromatic rings. The van der Waals surface area contributed by atoms with Crippen LogP contribution in [0.4, 0.5) is 13.6 Å². The van der Waals surface area contributed by atoms with E-state index < -0.39 is 49.4 Å². The largest absolute Gasteiger partial charge is 0.394 e. The van der Waals surface area contributed by atoms with Crippen molar-refractivity contribution in [3.8, 4) is 0 Å². The van der Waals surface area contributed by atoms with Crippen LogP contribution in [0.3, 0.4) is 0 Å². The van der Waals surface area contributed by atoms with Gasteiger partial charge in [0.15, 0.2) is 6.23 Å². The van der Waals surface area contributed by atoms with Crippen LogP contribution in [0.2, 0.25) is 0 Å². The first-order valence-corrected chi connectivity index (χ1v) is 5.70. The topological polar surface area (TPSA) is 88.1 Å². The third-order valence-corrected chi connectivity index (χ3v) is 3.13. The van der Waals surface area contributed by atoms with E-state index in [9.17, 15) is 18.4 Å². The van der Waals surface area contributed by atoms with E-state index in [0.717, 1.165) is 12.0 Å². The summed E-state index contributed by atoms with van der Waals surface area (Å²) in [5.41, 5.74) is 0. The lowest BCUT2D eigenvalue weighted by atomic mass is 10.1. The fourth-order valence-corrected chi connectivity index (χ4v) is 2.18. The fraction of sp³-hybridized carbons (Fsp3) is 0.800. The number of aliphatic hydroxyl groups is 1. The first-order valence-electron chi connectivity index (χ1n) is 5.70. The van der Waals surface area contributed by atoms with Crippen molar-refractivity contribution >= 4 is 11.9 Å². The SMILES string of the molecule is COC1C(F)C(=O)NC(=O)N1C1CC(F)C(CO)O1. The van der Waals surface area contributed by atoms with Gasteiger partial charge in [0.25, 0.3) is 5.91 Å². The zero-order valence-corrected chi connectivity index (χ0v) is 10.1. The molecule has 0 aromatic heterocycles. The molecule has 0 radical (unpaired) electrons. The van der Waals surface area contributed by atoms with E-state index in [0.29, 0.717) is 0 Å². The summed E-state index contributed by atoms with van der Waals surface area (Å²) in [6, 6.07) is -0.915. The molecular weight excluding hydrogens is 266 g/mol. The lowest BCUT2D eigenvalue weighted by molar-refractivity contribution is -0.164.